The Labute approximate surface area is 147 Å². The van der Waals surface area contributed by atoms with E-state index in [-0.39, 0.29) is 5.91 Å². The number of hydrogen-bond acceptors (Lipinski definition) is 3. The van der Waals surface area contributed by atoms with E-state index in [0.29, 0.717) is 5.75 Å². The van der Waals surface area contributed by atoms with Crippen LogP contribution in [0.25, 0.3) is 10.8 Å². The predicted molar refractivity (Wildman–Crippen MR) is 100 cm³/mol. The third-order valence-corrected chi connectivity index (χ3v) is 4.02. The van der Waals surface area contributed by atoms with E-state index in [2.05, 4.69) is 5.32 Å². The number of aryl methyl sites for hydroxylation is 1. The molecule has 0 saturated carbocycles. The maximum absolute atomic E-state index is 12.3. The normalized spacial score (nSPS) is 11.8. The van der Waals surface area contributed by atoms with Gasteiger partial charge in [0, 0.05) is 5.69 Å². The minimum absolute atomic E-state index is 0.186. The first-order valence-corrected chi connectivity index (χ1v) is 8.17. The minimum Gasteiger partial charge on any atom is -0.497 e. The number of amides is 1. The molecule has 0 aliphatic heterocycles. The Balaban J connectivity index is 1.71. The molecule has 0 aliphatic rings. The summed E-state index contributed by atoms with van der Waals surface area (Å²) >= 11 is 0. The van der Waals surface area contributed by atoms with Gasteiger partial charge in [-0.15, -0.1) is 0 Å². The minimum atomic E-state index is -0.607. The fourth-order valence-electron chi connectivity index (χ4n) is 2.54. The second-order valence-corrected chi connectivity index (χ2v) is 5.99. The van der Waals surface area contributed by atoms with Gasteiger partial charge in [0.25, 0.3) is 5.91 Å². The van der Waals surface area contributed by atoms with Crippen LogP contribution in [-0.2, 0) is 4.79 Å². The van der Waals surface area contributed by atoms with Crippen LogP contribution in [0, 0.1) is 6.92 Å². The maximum atomic E-state index is 12.3. The number of nitrogens with one attached hydrogen (secondary N) is 1. The number of benzene rings is 3. The van der Waals surface area contributed by atoms with Gasteiger partial charge in [-0.05, 0) is 61.0 Å². The van der Waals surface area contributed by atoms with Crippen LogP contribution in [0.3, 0.4) is 0 Å². The zero-order valence-corrected chi connectivity index (χ0v) is 14.6. The van der Waals surface area contributed by atoms with Crippen molar-refractivity contribution in [1.82, 2.24) is 0 Å². The number of methoxy groups -OCH3 is 1. The molecule has 0 aromatic heterocycles. The number of carbonyl (C=O) groups excluding carboxylic acids is 1. The van der Waals surface area contributed by atoms with Crippen molar-refractivity contribution < 1.29 is 14.3 Å². The first-order chi connectivity index (χ1) is 12.0. The van der Waals surface area contributed by atoms with Crippen LogP contribution in [0.1, 0.15) is 12.5 Å². The number of rotatable bonds is 5. The molecule has 0 aliphatic carbocycles. The van der Waals surface area contributed by atoms with Crippen molar-refractivity contribution in [3.63, 3.8) is 0 Å². The van der Waals surface area contributed by atoms with Gasteiger partial charge in [-0.25, -0.2) is 0 Å². The highest BCUT2D eigenvalue weighted by Crippen LogP contribution is 2.25. The quantitative estimate of drug-likeness (QED) is 0.743. The molecule has 3 rings (SSSR count). The van der Waals surface area contributed by atoms with Crippen LogP contribution in [0.15, 0.2) is 60.7 Å². The van der Waals surface area contributed by atoms with Gasteiger partial charge in [-0.2, -0.15) is 0 Å². The summed E-state index contributed by atoms with van der Waals surface area (Å²) in [6.07, 6.45) is -0.607. The summed E-state index contributed by atoms with van der Waals surface area (Å²) in [7, 11) is 1.64. The Morgan fingerprint density at radius 1 is 0.920 bits per heavy atom. The lowest BCUT2D eigenvalue weighted by Crippen LogP contribution is -2.30. The fraction of sp³-hybridized carbons (Fsp3) is 0.190. The average molecular weight is 335 g/mol. The second kappa shape index (κ2) is 7.26. The SMILES string of the molecule is COc1ccc2ccc(O[C@H](C)C(=O)Nc3ccc(C)cc3)cc2c1. The molecule has 0 heterocycles. The average Bonchev–Trinajstić information content (AvgIpc) is 2.62. The molecule has 0 bridgehead atoms. The van der Waals surface area contributed by atoms with Gasteiger partial charge in [0.2, 0.25) is 0 Å². The molecule has 3 aromatic rings. The van der Waals surface area contributed by atoms with E-state index < -0.39 is 6.10 Å². The summed E-state index contributed by atoms with van der Waals surface area (Å²) in [5, 5.41) is 4.95. The molecule has 128 valence electrons. The van der Waals surface area contributed by atoms with Crippen molar-refractivity contribution in [3.05, 3.63) is 66.2 Å². The predicted octanol–water partition coefficient (Wildman–Crippen LogP) is 4.56. The number of anilines is 1. The molecule has 0 unspecified atom stereocenters. The number of hydrogen-bond donors (Lipinski definition) is 1. The Morgan fingerprint density at radius 3 is 2.24 bits per heavy atom. The number of carbonyl (C=O) groups is 1. The third kappa shape index (κ3) is 4.10. The highest BCUT2D eigenvalue weighted by atomic mass is 16.5. The van der Waals surface area contributed by atoms with Crippen LogP contribution in [0.4, 0.5) is 5.69 Å². The van der Waals surface area contributed by atoms with Gasteiger partial charge in [0.15, 0.2) is 6.10 Å². The smallest absolute Gasteiger partial charge is 0.265 e. The molecule has 1 atom stereocenters. The van der Waals surface area contributed by atoms with Crippen LogP contribution in [0.5, 0.6) is 11.5 Å². The van der Waals surface area contributed by atoms with Crippen molar-refractivity contribution >= 4 is 22.4 Å². The Kier molecular flexibility index (Phi) is 4.89. The molecule has 4 nitrogen and oxygen atoms in total. The summed E-state index contributed by atoms with van der Waals surface area (Å²) in [5.41, 5.74) is 1.91. The Hall–Kier alpha value is -3.01. The summed E-state index contributed by atoms with van der Waals surface area (Å²) in [5.74, 6) is 1.25. The van der Waals surface area contributed by atoms with Crippen LogP contribution < -0.4 is 14.8 Å². The van der Waals surface area contributed by atoms with Crippen molar-refractivity contribution in [2.75, 3.05) is 12.4 Å². The van der Waals surface area contributed by atoms with Gasteiger partial charge >= 0.3 is 0 Å². The molecule has 0 radical (unpaired) electrons. The van der Waals surface area contributed by atoms with Gasteiger partial charge in [-0.3, -0.25) is 4.79 Å². The van der Waals surface area contributed by atoms with E-state index >= 15 is 0 Å². The Bertz CT molecular complexity index is 887. The van der Waals surface area contributed by atoms with Crippen molar-refractivity contribution in [2.24, 2.45) is 0 Å². The summed E-state index contributed by atoms with van der Waals surface area (Å²) in [6, 6.07) is 19.3. The summed E-state index contributed by atoms with van der Waals surface area (Å²) in [4.78, 5) is 12.3. The van der Waals surface area contributed by atoms with Crippen molar-refractivity contribution in [3.8, 4) is 11.5 Å². The molecule has 3 aromatic carbocycles. The van der Waals surface area contributed by atoms with E-state index in [9.17, 15) is 4.79 Å². The van der Waals surface area contributed by atoms with Gasteiger partial charge < -0.3 is 14.8 Å². The third-order valence-electron chi connectivity index (χ3n) is 4.02. The molecular formula is C21H21NO3. The van der Waals surface area contributed by atoms with E-state index in [1.165, 1.54) is 0 Å². The van der Waals surface area contributed by atoms with Crippen LogP contribution >= 0.6 is 0 Å². The van der Waals surface area contributed by atoms with Gasteiger partial charge in [0.1, 0.15) is 11.5 Å². The van der Waals surface area contributed by atoms with E-state index in [0.717, 1.165) is 27.8 Å². The first kappa shape index (κ1) is 16.8. The molecule has 1 amide bonds. The second-order valence-electron chi connectivity index (χ2n) is 5.99. The van der Waals surface area contributed by atoms with Crippen LogP contribution in [0.2, 0.25) is 0 Å². The first-order valence-electron chi connectivity index (χ1n) is 8.17. The number of fused-ring (bicyclic) bond motifs is 1. The highest BCUT2D eigenvalue weighted by Gasteiger charge is 2.15. The molecular weight excluding hydrogens is 314 g/mol. The zero-order chi connectivity index (χ0) is 17.8. The van der Waals surface area contributed by atoms with Gasteiger partial charge in [-0.1, -0.05) is 29.8 Å². The highest BCUT2D eigenvalue weighted by molar-refractivity contribution is 5.94. The summed E-state index contributed by atoms with van der Waals surface area (Å²) < 4.78 is 11.1. The lowest BCUT2D eigenvalue weighted by atomic mass is 10.1. The summed E-state index contributed by atoms with van der Waals surface area (Å²) in [6.45, 7) is 3.74. The molecule has 0 fully saturated rings. The van der Waals surface area contributed by atoms with Crippen molar-refractivity contribution in [1.29, 1.82) is 0 Å². The van der Waals surface area contributed by atoms with Crippen molar-refractivity contribution in [2.45, 2.75) is 20.0 Å². The van der Waals surface area contributed by atoms with Gasteiger partial charge in [0.05, 0.1) is 7.11 Å². The maximum Gasteiger partial charge on any atom is 0.265 e. The monoisotopic (exact) mass is 335 g/mol. The molecule has 25 heavy (non-hydrogen) atoms. The topological polar surface area (TPSA) is 47.6 Å². The van der Waals surface area contributed by atoms with E-state index in [4.69, 9.17) is 9.47 Å². The molecule has 0 spiro atoms. The molecule has 0 saturated heterocycles. The number of ether oxygens (including phenoxy) is 2. The van der Waals surface area contributed by atoms with E-state index in [1.54, 1.807) is 14.0 Å². The largest absolute Gasteiger partial charge is 0.497 e. The van der Waals surface area contributed by atoms with E-state index in [1.807, 2.05) is 67.6 Å². The zero-order valence-electron chi connectivity index (χ0n) is 14.6. The fourth-order valence-corrected chi connectivity index (χ4v) is 2.54. The molecule has 1 N–H and O–H groups in total. The lowest BCUT2D eigenvalue weighted by molar-refractivity contribution is -0.122. The molecule has 4 heteroatoms. The Morgan fingerprint density at radius 2 is 1.56 bits per heavy atom. The standard InChI is InChI=1S/C21H21NO3/c1-14-4-8-18(9-5-14)22-21(23)15(2)25-20-11-7-16-6-10-19(24-3)12-17(16)13-20/h4-13,15H,1-3H3,(H,22,23)/t15-/m1/s1. The van der Waals surface area contributed by atoms with Crippen LogP contribution in [-0.4, -0.2) is 19.1 Å². The lowest BCUT2D eigenvalue weighted by Gasteiger charge is -2.15.